The van der Waals surface area contributed by atoms with Gasteiger partial charge in [-0.1, -0.05) is 0 Å². The number of fused-ring (bicyclic) bond motifs is 2. The average molecular weight is 304 g/mol. The fourth-order valence-electron chi connectivity index (χ4n) is 2.22. The van der Waals surface area contributed by atoms with E-state index < -0.39 is 24.4 Å². The van der Waals surface area contributed by atoms with Gasteiger partial charge in [0.25, 0.3) is 0 Å². The molecule has 1 unspecified atom stereocenters. The molecule has 3 N–H and O–H groups in total. The predicted molar refractivity (Wildman–Crippen MR) is 75.2 cm³/mol. The van der Waals surface area contributed by atoms with E-state index >= 15 is 0 Å². The first-order valence-electron chi connectivity index (χ1n) is 6.44. The van der Waals surface area contributed by atoms with Crippen molar-refractivity contribution in [1.82, 2.24) is 4.98 Å². The molecule has 8 nitrogen and oxygen atoms in total. The summed E-state index contributed by atoms with van der Waals surface area (Å²) in [5, 5.41) is 22.0. The third-order valence-corrected chi connectivity index (χ3v) is 3.25. The molecular weight excluding hydrogens is 292 g/mol. The molecule has 0 fully saturated rings. The van der Waals surface area contributed by atoms with Crippen LogP contribution in [0.1, 0.15) is 6.42 Å². The molecule has 0 radical (unpaired) electrons. The van der Waals surface area contributed by atoms with E-state index in [0.717, 1.165) is 5.39 Å². The number of carbonyl (C=O) groups is 2. The van der Waals surface area contributed by atoms with Crippen molar-refractivity contribution in [3.63, 3.8) is 0 Å². The van der Waals surface area contributed by atoms with Gasteiger partial charge in [-0.2, -0.15) is 0 Å². The van der Waals surface area contributed by atoms with Gasteiger partial charge in [0.15, 0.2) is 11.5 Å². The molecule has 0 spiro atoms. The van der Waals surface area contributed by atoms with Crippen molar-refractivity contribution < 1.29 is 29.3 Å². The zero-order chi connectivity index (χ0) is 15.7. The number of carboxylic acids is 2. The van der Waals surface area contributed by atoms with E-state index in [0.29, 0.717) is 16.9 Å². The molecule has 114 valence electrons. The van der Waals surface area contributed by atoms with Crippen molar-refractivity contribution in [2.45, 2.75) is 12.5 Å². The van der Waals surface area contributed by atoms with Crippen molar-refractivity contribution >= 4 is 28.5 Å². The summed E-state index contributed by atoms with van der Waals surface area (Å²) in [6.07, 6.45) is 0.949. The number of carboxylic acid groups (broad SMARTS) is 2. The SMILES string of the molecule is O=C(O)CC(Nc1nccc2cc3c(cc12)OCO3)C(=O)O. The number of ether oxygens (including phenoxy) is 2. The Morgan fingerprint density at radius 2 is 2.00 bits per heavy atom. The van der Waals surface area contributed by atoms with Gasteiger partial charge >= 0.3 is 11.9 Å². The maximum Gasteiger partial charge on any atom is 0.326 e. The highest BCUT2D eigenvalue weighted by Gasteiger charge is 2.23. The van der Waals surface area contributed by atoms with Crippen LogP contribution in [0.25, 0.3) is 10.8 Å². The van der Waals surface area contributed by atoms with Crippen LogP contribution in [0.2, 0.25) is 0 Å². The lowest BCUT2D eigenvalue weighted by Crippen LogP contribution is -2.32. The van der Waals surface area contributed by atoms with E-state index in [2.05, 4.69) is 10.3 Å². The second-order valence-electron chi connectivity index (χ2n) is 4.72. The Balaban J connectivity index is 1.99. The van der Waals surface area contributed by atoms with Gasteiger partial charge in [-0.15, -0.1) is 0 Å². The summed E-state index contributed by atoms with van der Waals surface area (Å²) in [4.78, 5) is 26.0. The number of nitrogens with zero attached hydrogens (tertiary/aromatic N) is 1. The summed E-state index contributed by atoms with van der Waals surface area (Å²) in [7, 11) is 0. The van der Waals surface area contributed by atoms with Crippen molar-refractivity contribution in [1.29, 1.82) is 0 Å². The van der Waals surface area contributed by atoms with Crippen LogP contribution in [0.3, 0.4) is 0 Å². The van der Waals surface area contributed by atoms with Gasteiger partial charge in [-0.3, -0.25) is 4.79 Å². The molecule has 1 atom stereocenters. The van der Waals surface area contributed by atoms with Crippen LogP contribution in [0.5, 0.6) is 11.5 Å². The lowest BCUT2D eigenvalue weighted by molar-refractivity contribution is -0.144. The summed E-state index contributed by atoms with van der Waals surface area (Å²) < 4.78 is 10.6. The standard InChI is InChI=1S/C14H12N2O6/c17-12(18)5-9(14(19)20)16-13-8-4-11-10(21-6-22-11)3-7(8)1-2-15-13/h1-4,9H,5-6H2,(H,15,16)(H,17,18)(H,19,20). The molecular formula is C14H12N2O6. The van der Waals surface area contributed by atoms with Gasteiger partial charge in [0.2, 0.25) is 6.79 Å². The van der Waals surface area contributed by atoms with E-state index in [-0.39, 0.29) is 12.6 Å². The number of pyridine rings is 1. The Kier molecular flexibility index (Phi) is 3.42. The molecule has 0 aliphatic carbocycles. The molecule has 0 amide bonds. The third-order valence-electron chi connectivity index (χ3n) is 3.25. The predicted octanol–water partition coefficient (Wildman–Crippen LogP) is 1.30. The Morgan fingerprint density at radius 3 is 2.68 bits per heavy atom. The van der Waals surface area contributed by atoms with E-state index in [1.165, 1.54) is 6.20 Å². The lowest BCUT2D eigenvalue weighted by Gasteiger charge is -2.14. The fourth-order valence-corrected chi connectivity index (χ4v) is 2.22. The van der Waals surface area contributed by atoms with Gasteiger partial charge in [0, 0.05) is 11.6 Å². The lowest BCUT2D eigenvalue weighted by atomic mass is 10.1. The largest absolute Gasteiger partial charge is 0.481 e. The molecule has 3 rings (SSSR count). The summed E-state index contributed by atoms with van der Waals surface area (Å²) in [5.74, 6) is -1.05. The third kappa shape index (κ3) is 2.58. The number of hydrogen-bond donors (Lipinski definition) is 3. The van der Waals surface area contributed by atoms with E-state index in [4.69, 9.17) is 19.7 Å². The minimum absolute atomic E-state index is 0.124. The molecule has 0 bridgehead atoms. The van der Waals surface area contributed by atoms with E-state index in [1.54, 1.807) is 18.2 Å². The van der Waals surface area contributed by atoms with Gasteiger partial charge in [0.1, 0.15) is 11.9 Å². The molecule has 2 aromatic rings. The van der Waals surface area contributed by atoms with Crippen molar-refractivity contribution in [2.24, 2.45) is 0 Å². The highest BCUT2D eigenvalue weighted by atomic mass is 16.7. The number of aliphatic carboxylic acids is 2. The van der Waals surface area contributed by atoms with Crippen LogP contribution in [0.15, 0.2) is 24.4 Å². The van der Waals surface area contributed by atoms with Gasteiger partial charge in [-0.05, 0) is 23.6 Å². The van der Waals surface area contributed by atoms with Crippen LogP contribution in [0, 0.1) is 0 Å². The summed E-state index contributed by atoms with van der Waals surface area (Å²) in [6.45, 7) is 0.124. The monoisotopic (exact) mass is 304 g/mol. The highest BCUT2D eigenvalue weighted by Crippen LogP contribution is 2.37. The zero-order valence-corrected chi connectivity index (χ0v) is 11.3. The number of rotatable bonds is 5. The molecule has 2 heterocycles. The van der Waals surface area contributed by atoms with Crippen molar-refractivity contribution in [3.05, 3.63) is 24.4 Å². The second kappa shape index (κ2) is 5.40. The van der Waals surface area contributed by atoms with E-state index in [9.17, 15) is 9.59 Å². The number of nitrogens with one attached hydrogen (secondary N) is 1. The molecule has 0 saturated heterocycles. The summed E-state index contributed by atoms with van der Waals surface area (Å²) in [5.41, 5.74) is 0. The second-order valence-corrected chi connectivity index (χ2v) is 4.72. The Bertz CT molecular complexity index is 760. The van der Waals surface area contributed by atoms with E-state index in [1.807, 2.05) is 0 Å². The maximum atomic E-state index is 11.2. The van der Waals surface area contributed by atoms with Crippen LogP contribution < -0.4 is 14.8 Å². The van der Waals surface area contributed by atoms with Crippen LogP contribution in [-0.4, -0.2) is 40.0 Å². The van der Waals surface area contributed by atoms with Crippen molar-refractivity contribution in [2.75, 3.05) is 12.1 Å². The van der Waals surface area contributed by atoms with Gasteiger partial charge < -0.3 is 25.0 Å². The first kappa shape index (κ1) is 13.9. The number of aromatic nitrogens is 1. The Hall–Kier alpha value is -3.03. The average Bonchev–Trinajstić information content (AvgIpc) is 2.91. The first-order valence-corrected chi connectivity index (χ1v) is 6.44. The number of anilines is 1. The topological polar surface area (TPSA) is 118 Å². The Labute approximate surface area is 124 Å². The molecule has 1 aliphatic rings. The normalized spacial score (nSPS) is 13.8. The smallest absolute Gasteiger partial charge is 0.326 e. The minimum atomic E-state index is -1.28. The summed E-state index contributed by atoms with van der Waals surface area (Å²) >= 11 is 0. The van der Waals surface area contributed by atoms with Crippen LogP contribution in [-0.2, 0) is 9.59 Å². The highest BCUT2D eigenvalue weighted by molar-refractivity contribution is 5.96. The van der Waals surface area contributed by atoms with Crippen LogP contribution in [0.4, 0.5) is 5.82 Å². The maximum absolute atomic E-state index is 11.2. The molecule has 1 aliphatic heterocycles. The quantitative estimate of drug-likeness (QED) is 0.756. The molecule has 8 heteroatoms. The molecule has 0 saturated carbocycles. The van der Waals surface area contributed by atoms with Gasteiger partial charge in [-0.25, -0.2) is 9.78 Å². The molecule has 22 heavy (non-hydrogen) atoms. The number of hydrogen-bond acceptors (Lipinski definition) is 6. The minimum Gasteiger partial charge on any atom is -0.481 e. The van der Waals surface area contributed by atoms with Crippen molar-refractivity contribution in [3.8, 4) is 11.5 Å². The summed E-state index contributed by atoms with van der Waals surface area (Å²) in [6, 6.07) is 3.92. The zero-order valence-electron chi connectivity index (χ0n) is 11.3. The Morgan fingerprint density at radius 1 is 1.27 bits per heavy atom. The molecule has 1 aromatic carbocycles. The first-order chi connectivity index (χ1) is 10.5. The van der Waals surface area contributed by atoms with Crippen LogP contribution >= 0.6 is 0 Å². The fraction of sp³-hybridized carbons (Fsp3) is 0.214. The van der Waals surface area contributed by atoms with Gasteiger partial charge in [0.05, 0.1) is 6.42 Å². The number of benzene rings is 1. The molecule has 1 aromatic heterocycles.